The lowest BCUT2D eigenvalue weighted by atomic mass is 10.1. The van der Waals surface area contributed by atoms with E-state index in [4.69, 9.17) is 4.74 Å². The number of hydrogen-bond acceptors (Lipinski definition) is 3. The molecule has 108 valence electrons. The van der Waals surface area contributed by atoms with Crippen molar-refractivity contribution in [3.05, 3.63) is 54.1 Å². The number of para-hydroxylation sites is 1. The van der Waals surface area contributed by atoms with Gasteiger partial charge in [-0.05, 0) is 30.3 Å². The SMILES string of the molecule is COc1ccc(NC(C)=O)c(C(=O)Nc2ccccc2)c1. The zero-order valence-electron chi connectivity index (χ0n) is 11.8. The molecule has 2 N–H and O–H groups in total. The van der Waals surface area contributed by atoms with Crippen molar-refractivity contribution in [1.82, 2.24) is 0 Å². The number of rotatable bonds is 4. The Hall–Kier alpha value is -2.82. The summed E-state index contributed by atoms with van der Waals surface area (Å²) in [6, 6.07) is 14.0. The molecular formula is C16H16N2O3. The van der Waals surface area contributed by atoms with Gasteiger partial charge in [-0.1, -0.05) is 18.2 Å². The van der Waals surface area contributed by atoms with Gasteiger partial charge in [0.2, 0.25) is 5.91 Å². The van der Waals surface area contributed by atoms with Gasteiger partial charge in [-0.2, -0.15) is 0 Å². The van der Waals surface area contributed by atoms with E-state index in [0.29, 0.717) is 22.7 Å². The van der Waals surface area contributed by atoms with Crippen LogP contribution in [-0.4, -0.2) is 18.9 Å². The van der Waals surface area contributed by atoms with Crippen LogP contribution in [0, 0.1) is 0 Å². The highest BCUT2D eigenvalue weighted by atomic mass is 16.5. The zero-order valence-corrected chi connectivity index (χ0v) is 11.8. The summed E-state index contributed by atoms with van der Waals surface area (Å²) in [4.78, 5) is 23.6. The molecule has 5 heteroatoms. The first-order valence-electron chi connectivity index (χ1n) is 6.42. The Bertz CT molecular complexity index is 654. The fourth-order valence-electron chi connectivity index (χ4n) is 1.86. The summed E-state index contributed by atoms with van der Waals surface area (Å²) in [5.74, 6) is -0.0138. The Balaban J connectivity index is 2.31. The van der Waals surface area contributed by atoms with Crippen molar-refractivity contribution >= 4 is 23.2 Å². The van der Waals surface area contributed by atoms with E-state index in [1.165, 1.54) is 14.0 Å². The van der Waals surface area contributed by atoms with Crippen LogP contribution in [0.3, 0.4) is 0 Å². The van der Waals surface area contributed by atoms with E-state index in [-0.39, 0.29) is 11.8 Å². The molecule has 0 bridgehead atoms. The van der Waals surface area contributed by atoms with Gasteiger partial charge in [-0.25, -0.2) is 0 Å². The highest BCUT2D eigenvalue weighted by Gasteiger charge is 2.14. The first-order valence-corrected chi connectivity index (χ1v) is 6.42. The van der Waals surface area contributed by atoms with E-state index in [1.807, 2.05) is 18.2 Å². The van der Waals surface area contributed by atoms with E-state index in [9.17, 15) is 9.59 Å². The van der Waals surface area contributed by atoms with E-state index in [2.05, 4.69) is 10.6 Å². The number of benzene rings is 2. The minimum atomic E-state index is -0.316. The molecule has 2 aromatic rings. The number of carbonyl (C=O) groups is 2. The Labute approximate surface area is 122 Å². The lowest BCUT2D eigenvalue weighted by molar-refractivity contribution is -0.114. The summed E-state index contributed by atoms with van der Waals surface area (Å²) < 4.78 is 5.12. The Kier molecular flexibility index (Phi) is 4.56. The van der Waals surface area contributed by atoms with E-state index < -0.39 is 0 Å². The molecule has 0 saturated carbocycles. The quantitative estimate of drug-likeness (QED) is 0.907. The number of methoxy groups -OCH3 is 1. The van der Waals surface area contributed by atoms with Crippen LogP contribution in [0.1, 0.15) is 17.3 Å². The summed E-state index contributed by atoms with van der Waals surface area (Å²) in [6.07, 6.45) is 0. The van der Waals surface area contributed by atoms with Crippen LogP contribution in [-0.2, 0) is 4.79 Å². The van der Waals surface area contributed by atoms with E-state index in [1.54, 1.807) is 30.3 Å². The third-order valence-electron chi connectivity index (χ3n) is 2.81. The van der Waals surface area contributed by atoms with E-state index in [0.717, 1.165) is 0 Å². The number of nitrogens with one attached hydrogen (secondary N) is 2. The average molecular weight is 284 g/mol. The molecule has 0 radical (unpaired) electrons. The summed E-state index contributed by atoms with van der Waals surface area (Å²) in [7, 11) is 1.52. The molecule has 0 spiro atoms. The second kappa shape index (κ2) is 6.56. The summed E-state index contributed by atoms with van der Waals surface area (Å²) >= 11 is 0. The van der Waals surface area contributed by atoms with E-state index >= 15 is 0 Å². The third-order valence-corrected chi connectivity index (χ3v) is 2.81. The molecule has 0 aromatic heterocycles. The van der Waals surface area contributed by atoms with Crippen molar-refractivity contribution in [3.8, 4) is 5.75 Å². The maximum absolute atomic E-state index is 12.4. The first kappa shape index (κ1) is 14.6. The number of anilines is 2. The van der Waals surface area contributed by atoms with Crippen LogP contribution in [0.15, 0.2) is 48.5 Å². The van der Waals surface area contributed by atoms with Crippen LogP contribution in [0.25, 0.3) is 0 Å². The molecule has 5 nitrogen and oxygen atoms in total. The van der Waals surface area contributed by atoms with Gasteiger partial charge in [0, 0.05) is 12.6 Å². The largest absolute Gasteiger partial charge is 0.497 e. The zero-order chi connectivity index (χ0) is 15.2. The third kappa shape index (κ3) is 3.82. The Morgan fingerprint density at radius 1 is 1.00 bits per heavy atom. The summed E-state index contributed by atoms with van der Waals surface area (Å²) in [5, 5.41) is 5.41. The van der Waals surface area contributed by atoms with Gasteiger partial charge in [0.25, 0.3) is 5.91 Å². The van der Waals surface area contributed by atoms with Gasteiger partial charge in [0.15, 0.2) is 0 Å². The highest BCUT2D eigenvalue weighted by Crippen LogP contribution is 2.23. The van der Waals surface area contributed by atoms with Crippen molar-refractivity contribution < 1.29 is 14.3 Å². The topological polar surface area (TPSA) is 67.4 Å². The van der Waals surface area contributed by atoms with Crippen molar-refractivity contribution in [2.24, 2.45) is 0 Å². The van der Waals surface area contributed by atoms with Gasteiger partial charge < -0.3 is 15.4 Å². The average Bonchev–Trinajstić information content (AvgIpc) is 2.48. The molecule has 2 rings (SSSR count). The highest BCUT2D eigenvalue weighted by molar-refractivity contribution is 6.10. The standard InChI is InChI=1S/C16H16N2O3/c1-11(19)17-15-9-8-13(21-2)10-14(15)16(20)18-12-6-4-3-5-7-12/h3-10H,1-2H3,(H,17,19)(H,18,20). The van der Waals surface area contributed by atoms with Crippen LogP contribution >= 0.6 is 0 Å². The minimum Gasteiger partial charge on any atom is -0.497 e. The fraction of sp³-hybridized carbons (Fsp3) is 0.125. The van der Waals surface area contributed by atoms with Crippen molar-refractivity contribution in [2.45, 2.75) is 6.92 Å². The normalized spacial score (nSPS) is 9.81. The van der Waals surface area contributed by atoms with Crippen molar-refractivity contribution in [1.29, 1.82) is 0 Å². The molecular weight excluding hydrogens is 268 g/mol. The second-order valence-electron chi connectivity index (χ2n) is 4.41. The maximum Gasteiger partial charge on any atom is 0.257 e. The monoisotopic (exact) mass is 284 g/mol. The molecule has 2 aromatic carbocycles. The Morgan fingerprint density at radius 2 is 1.71 bits per heavy atom. The van der Waals surface area contributed by atoms with Gasteiger partial charge >= 0.3 is 0 Å². The van der Waals surface area contributed by atoms with Crippen molar-refractivity contribution in [3.63, 3.8) is 0 Å². The molecule has 0 atom stereocenters. The van der Waals surface area contributed by atoms with Crippen LogP contribution < -0.4 is 15.4 Å². The number of carbonyl (C=O) groups excluding carboxylic acids is 2. The predicted molar refractivity (Wildman–Crippen MR) is 81.7 cm³/mol. The number of ether oxygens (including phenoxy) is 1. The molecule has 0 saturated heterocycles. The lowest BCUT2D eigenvalue weighted by Gasteiger charge is -2.12. The molecule has 0 fully saturated rings. The molecule has 0 unspecified atom stereocenters. The van der Waals surface area contributed by atoms with Crippen LogP contribution in [0.4, 0.5) is 11.4 Å². The lowest BCUT2D eigenvalue weighted by Crippen LogP contribution is -2.16. The van der Waals surface area contributed by atoms with Gasteiger partial charge in [-0.3, -0.25) is 9.59 Å². The molecule has 0 heterocycles. The number of amides is 2. The minimum absolute atomic E-state index is 0.242. The molecule has 0 aliphatic rings. The first-order chi connectivity index (χ1) is 10.1. The number of hydrogen-bond donors (Lipinski definition) is 2. The Morgan fingerprint density at radius 3 is 2.33 bits per heavy atom. The predicted octanol–water partition coefficient (Wildman–Crippen LogP) is 2.91. The molecule has 0 aliphatic carbocycles. The maximum atomic E-state index is 12.4. The molecule has 0 aliphatic heterocycles. The van der Waals surface area contributed by atoms with Gasteiger partial charge in [0.1, 0.15) is 5.75 Å². The van der Waals surface area contributed by atoms with Gasteiger partial charge in [-0.15, -0.1) is 0 Å². The van der Waals surface area contributed by atoms with Gasteiger partial charge in [0.05, 0.1) is 18.4 Å². The molecule has 21 heavy (non-hydrogen) atoms. The second-order valence-corrected chi connectivity index (χ2v) is 4.41. The van der Waals surface area contributed by atoms with Crippen molar-refractivity contribution in [2.75, 3.05) is 17.7 Å². The van der Waals surface area contributed by atoms with Crippen LogP contribution in [0.5, 0.6) is 5.75 Å². The smallest absolute Gasteiger partial charge is 0.257 e. The summed E-state index contributed by atoms with van der Waals surface area (Å²) in [6.45, 7) is 1.39. The molecule has 2 amide bonds. The van der Waals surface area contributed by atoms with Crippen LogP contribution in [0.2, 0.25) is 0 Å². The summed E-state index contributed by atoms with van der Waals surface area (Å²) in [5.41, 5.74) is 1.46. The fourth-order valence-corrected chi connectivity index (χ4v) is 1.86.